The molecule has 0 bridgehead atoms. The van der Waals surface area contributed by atoms with Gasteiger partial charge in [0.15, 0.2) is 6.61 Å². The maximum Gasteiger partial charge on any atom is 0.340 e. The van der Waals surface area contributed by atoms with Crippen LogP contribution < -0.4 is 9.47 Å². The van der Waals surface area contributed by atoms with Gasteiger partial charge in [-0.2, -0.15) is 0 Å². The molecule has 6 heteroatoms. The molecule has 0 radical (unpaired) electrons. The van der Waals surface area contributed by atoms with Gasteiger partial charge in [0.1, 0.15) is 11.5 Å². The number of benzene rings is 1. The van der Waals surface area contributed by atoms with Gasteiger partial charge < -0.3 is 19.2 Å². The molecule has 2 aromatic rings. The Morgan fingerprint density at radius 3 is 2.19 bits per heavy atom. The summed E-state index contributed by atoms with van der Waals surface area (Å²) in [5.41, 5.74) is 1.97. The molecular weight excluding hydrogens is 334 g/mol. The highest BCUT2D eigenvalue weighted by Crippen LogP contribution is 2.21. The van der Waals surface area contributed by atoms with Crippen molar-refractivity contribution in [2.45, 2.75) is 34.1 Å². The lowest BCUT2D eigenvalue weighted by atomic mass is 10.1. The van der Waals surface area contributed by atoms with Crippen molar-refractivity contribution in [1.29, 1.82) is 0 Å². The maximum absolute atomic E-state index is 12.5. The van der Waals surface area contributed by atoms with Gasteiger partial charge in [-0.1, -0.05) is 6.92 Å². The van der Waals surface area contributed by atoms with Crippen molar-refractivity contribution in [2.24, 2.45) is 0 Å². The molecule has 1 aromatic heterocycles. The van der Waals surface area contributed by atoms with Crippen molar-refractivity contribution in [1.82, 2.24) is 4.98 Å². The highest BCUT2D eigenvalue weighted by atomic mass is 16.5. The molecule has 26 heavy (non-hydrogen) atoms. The number of carbonyl (C=O) groups excluding carboxylic acids is 2. The van der Waals surface area contributed by atoms with Crippen LogP contribution in [0.1, 0.15) is 52.4 Å². The third kappa shape index (κ3) is 4.65. The summed E-state index contributed by atoms with van der Waals surface area (Å²) in [5.74, 6) is 0.683. The molecule has 1 aromatic carbocycles. The molecule has 0 aliphatic carbocycles. The van der Waals surface area contributed by atoms with E-state index in [0.717, 1.165) is 12.2 Å². The topological polar surface area (TPSA) is 77.6 Å². The van der Waals surface area contributed by atoms with Crippen LogP contribution in [-0.2, 0) is 4.74 Å². The van der Waals surface area contributed by atoms with E-state index in [0.29, 0.717) is 34.9 Å². The number of rotatable bonds is 9. The number of ketones is 1. The van der Waals surface area contributed by atoms with E-state index in [1.165, 1.54) is 0 Å². The van der Waals surface area contributed by atoms with Crippen molar-refractivity contribution in [3.63, 3.8) is 0 Å². The number of hydrogen-bond acceptors (Lipinski definition) is 5. The Kier molecular flexibility index (Phi) is 6.83. The largest absolute Gasteiger partial charge is 0.494 e. The molecule has 0 saturated carbocycles. The lowest BCUT2D eigenvalue weighted by Crippen LogP contribution is -2.13. The lowest BCUT2D eigenvalue weighted by Gasteiger charge is -2.08. The number of Topliss-reactive ketones (excluding diaryl/α,β-unsaturated/α-hetero) is 1. The Morgan fingerprint density at radius 2 is 1.62 bits per heavy atom. The molecule has 0 saturated heterocycles. The Balaban J connectivity index is 2.02. The Labute approximate surface area is 153 Å². The van der Waals surface area contributed by atoms with Crippen molar-refractivity contribution < 1.29 is 23.8 Å². The number of carbonyl (C=O) groups is 2. The third-order valence-electron chi connectivity index (χ3n) is 3.86. The number of hydrogen-bond donors (Lipinski definition) is 1. The van der Waals surface area contributed by atoms with Gasteiger partial charge in [-0.05, 0) is 57.0 Å². The first-order valence-electron chi connectivity index (χ1n) is 8.73. The molecular formula is C20H25NO5. The molecule has 0 fully saturated rings. The standard InChI is InChI=1S/C20H25NO5/c1-5-11-25-15-7-9-16(10-8-15)26-12-17(22)19-13(3)18(14(4)21-19)20(23)24-6-2/h7-10,21H,5-6,11-12H2,1-4H3. The molecule has 0 atom stereocenters. The number of aromatic amines is 1. The Hall–Kier alpha value is -2.76. The summed E-state index contributed by atoms with van der Waals surface area (Å²) in [6, 6.07) is 7.13. The molecule has 2 rings (SSSR count). The van der Waals surface area contributed by atoms with Crippen LogP contribution in [0.15, 0.2) is 24.3 Å². The molecule has 6 nitrogen and oxygen atoms in total. The quantitative estimate of drug-likeness (QED) is 0.543. The van der Waals surface area contributed by atoms with Gasteiger partial charge in [-0.3, -0.25) is 4.79 Å². The van der Waals surface area contributed by atoms with Gasteiger partial charge in [0.05, 0.1) is 24.5 Å². The van der Waals surface area contributed by atoms with Gasteiger partial charge in [0.2, 0.25) is 5.78 Å². The second-order valence-corrected chi connectivity index (χ2v) is 5.88. The lowest BCUT2D eigenvalue weighted by molar-refractivity contribution is 0.0525. The number of ether oxygens (including phenoxy) is 3. The van der Waals surface area contributed by atoms with Crippen LogP contribution in [-0.4, -0.2) is 36.6 Å². The zero-order valence-electron chi connectivity index (χ0n) is 15.7. The second kappa shape index (κ2) is 9.08. The fourth-order valence-electron chi connectivity index (χ4n) is 2.61. The van der Waals surface area contributed by atoms with E-state index in [2.05, 4.69) is 4.98 Å². The van der Waals surface area contributed by atoms with E-state index in [4.69, 9.17) is 14.2 Å². The summed E-state index contributed by atoms with van der Waals surface area (Å²) < 4.78 is 16.1. The molecule has 0 spiro atoms. The van der Waals surface area contributed by atoms with E-state index in [1.54, 1.807) is 45.0 Å². The highest BCUT2D eigenvalue weighted by molar-refractivity contribution is 6.02. The predicted octanol–water partition coefficient (Wildman–Crippen LogP) is 3.86. The second-order valence-electron chi connectivity index (χ2n) is 5.88. The number of aromatic nitrogens is 1. The number of nitrogens with one attached hydrogen (secondary N) is 1. The fraction of sp³-hybridized carbons (Fsp3) is 0.400. The van der Waals surface area contributed by atoms with Crippen molar-refractivity contribution in [3.05, 3.63) is 46.8 Å². The zero-order chi connectivity index (χ0) is 19.1. The smallest absolute Gasteiger partial charge is 0.340 e. The van der Waals surface area contributed by atoms with E-state index in [9.17, 15) is 9.59 Å². The minimum absolute atomic E-state index is 0.127. The van der Waals surface area contributed by atoms with Crippen molar-refractivity contribution in [3.8, 4) is 11.5 Å². The first-order valence-corrected chi connectivity index (χ1v) is 8.73. The summed E-state index contributed by atoms with van der Waals surface area (Å²) in [4.78, 5) is 27.4. The summed E-state index contributed by atoms with van der Waals surface area (Å²) >= 11 is 0. The normalized spacial score (nSPS) is 10.5. The number of esters is 1. The average molecular weight is 359 g/mol. The molecule has 0 amide bonds. The summed E-state index contributed by atoms with van der Waals surface area (Å²) in [7, 11) is 0. The van der Waals surface area contributed by atoms with Crippen LogP contribution in [0.2, 0.25) is 0 Å². The number of H-pyrrole nitrogens is 1. The van der Waals surface area contributed by atoms with Crippen LogP contribution in [0.4, 0.5) is 0 Å². The van der Waals surface area contributed by atoms with Gasteiger partial charge in [0, 0.05) is 5.69 Å². The zero-order valence-corrected chi connectivity index (χ0v) is 15.7. The SMILES string of the molecule is CCCOc1ccc(OCC(=O)c2[nH]c(C)c(C(=O)OCC)c2C)cc1. The molecule has 0 unspecified atom stereocenters. The molecule has 0 aliphatic rings. The maximum atomic E-state index is 12.5. The van der Waals surface area contributed by atoms with E-state index < -0.39 is 5.97 Å². The Morgan fingerprint density at radius 1 is 1.00 bits per heavy atom. The highest BCUT2D eigenvalue weighted by Gasteiger charge is 2.23. The molecule has 140 valence electrons. The van der Waals surface area contributed by atoms with Crippen molar-refractivity contribution >= 4 is 11.8 Å². The summed E-state index contributed by atoms with van der Waals surface area (Å²) in [6.07, 6.45) is 0.940. The van der Waals surface area contributed by atoms with Crippen LogP contribution in [0, 0.1) is 13.8 Å². The van der Waals surface area contributed by atoms with Crippen LogP contribution >= 0.6 is 0 Å². The van der Waals surface area contributed by atoms with E-state index in [-0.39, 0.29) is 19.0 Å². The van der Waals surface area contributed by atoms with Crippen LogP contribution in [0.25, 0.3) is 0 Å². The van der Waals surface area contributed by atoms with Crippen LogP contribution in [0.3, 0.4) is 0 Å². The fourth-order valence-corrected chi connectivity index (χ4v) is 2.61. The minimum Gasteiger partial charge on any atom is -0.494 e. The van der Waals surface area contributed by atoms with Crippen molar-refractivity contribution in [2.75, 3.05) is 19.8 Å². The monoisotopic (exact) mass is 359 g/mol. The average Bonchev–Trinajstić information content (AvgIpc) is 2.93. The first-order chi connectivity index (χ1) is 12.5. The Bertz CT molecular complexity index is 761. The van der Waals surface area contributed by atoms with E-state index >= 15 is 0 Å². The van der Waals surface area contributed by atoms with E-state index in [1.807, 2.05) is 6.92 Å². The predicted molar refractivity (Wildman–Crippen MR) is 98.3 cm³/mol. The first kappa shape index (κ1) is 19.6. The third-order valence-corrected chi connectivity index (χ3v) is 3.86. The minimum atomic E-state index is -0.429. The van der Waals surface area contributed by atoms with Gasteiger partial charge >= 0.3 is 5.97 Å². The summed E-state index contributed by atoms with van der Waals surface area (Å²) in [6.45, 7) is 8.07. The van der Waals surface area contributed by atoms with Gasteiger partial charge in [-0.25, -0.2) is 4.79 Å². The van der Waals surface area contributed by atoms with Gasteiger partial charge in [-0.15, -0.1) is 0 Å². The molecule has 1 heterocycles. The summed E-state index contributed by atoms with van der Waals surface area (Å²) in [5, 5.41) is 0. The molecule has 0 aliphatic heterocycles. The molecule has 1 N–H and O–H groups in total. The van der Waals surface area contributed by atoms with Gasteiger partial charge in [0.25, 0.3) is 0 Å². The van der Waals surface area contributed by atoms with Crippen LogP contribution in [0.5, 0.6) is 11.5 Å². The number of aryl methyl sites for hydroxylation is 1.